The van der Waals surface area contributed by atoms with Gasteiger partial charge in [0, 0.05) is 11.6 Å². The standard InChI is InChI=1S/C13H11N3/c1-9-5-4-6-10-12(9)15-11-7-2-3-8-16(11)13(10)14/h2-8,14H,1H3. The molecule has 3 aromatic rings. The van der Waals surface area contributed by atoms with Gasteiger partial charge in [0.25, 0.3) is 0 Å². The largest absolute Gasteiger partial charge is 0.286 e. The summed E-state index contributed by atoms with van der Waals surface area (Å²) in [6.07, 6.45) is 1.87. The van der Waals surface area contributed by atoms with Crippen LogP contribution in [-0.2, 0) is 0 Å². The summed E-state index contributed by atoms with van der Waals surface area (Å²) in [5.41, 5.74) is 3.33. The third kappa shape index (κ3) is 1.15. The van der Waals surface area contributed by atoms with Crippen molar-refractivity contribution in [2.75, 3.05) is 0 Å². The van der Waals surface area contributed by atoms with Crippen molar-refractivity contribution < 1.29 is 0 Å². The first kappa shape index (κ1) is 9.09. The average molecular weight is 209 g/mol. The summed E-state index contributed by atoms with van der Waals surface area (Å²) >= 11 is 0. The van der Waals surface area contributed by atoms with Gasteiger partial charge in [-0.15, -0.1) is 0 Å². The molecule has 0 fully saturated rings. The van der Waals surface area contributed by atoms with E-state index in [1.807, 2.05) is 49.5 Å². The number of aromatic nitrogens is 2. The van der Waals surface area contributed by atoms with Gasteiger partial charge in [-0.25, -0.2) is 4.98 Å². The Bertz CT molecular complexity index is 741. The summed E-state index contributed by atoms with van der Waals surface area (Å²) in [6.45, 7) is 2.02. The third-order valence-electron chi connectivity index (χ3n) is 2.80. The first-order valence-electron chi connectivity index (χ1n) is 5.19. The molecular weight excluding hydrogens is 198 g/mol. The van der Waals surface area contributed by atoms with Gasteiger partial charge in [-0.3, -0.25) is 9.81 Å². The SMILES string of the molecule is Cc1cccc2c(=N)n3ccccc3nc12. The summed E-state index contributed by atoms with van der Waals surface area (Å²) in [6, 6.07) is 11.7. The highest BCUT2D eigenvalue weighted by molar-refractivity contribution is 5.82. The predicted molar refractivity (Wildman–Crippen MR) is 63.3 cm³/mol. The molecule has 1 N–H and O–H groups in total. The zero-order chi connectivity index (χ0) is 11.1. The molecule has 0 aliphatic heterocycles. The molecule has 3 heteroatoms. The smallest absolute Gasteiger partial charge is 0.140 e. The van der Waals surface area contributed by atoms with Crippen LogP contribution in [0.1, 0.15) is 5.56 Å². The normalized spacial score (nSPS) is 11.1. The topological polar surface area (TPSA) is 41.2 Å². The quantitative estimate of drug-likeness (QED) is 0.567. The summed E-state index contributed by atoms with van der Waals surface area (Å²) < 4.78 is 1.79. The number of nitrogens with zero attached hydrogens (tertiary/aromatic N) is 2. The van der Waals surface area contributed by atoms with Crippen molar-refractivity contribution in [3.05, 3.63) is 53.6 Å². The lowest BCUT2D eigenvalue weighted by molar-refractivity contribution is 1.00. The molecule has 1 aromatic carbocycles. The van der Waals surface area contributed by atoms with Crippen LogP contribution in [0.25, 0.3) is 16.6 Å². The van der Waals surface area contributed by atoms with E-state index in [0.717, 1.165) is 22.1 Å². The lowest BCUT2D eigenvalue weighted by Crippen LogP contribution is -2.15. The van der Waals surface area contributed by atoms with Gasteiger partial charge in [-0.05, 0) is 30.7 Å². The highest BCUT2D eigenvalue weighted by Gasteiger charge is 2.03. The number of para-hydroxylation sites is 1. The minimum absolute atomic E-state index is 0.490. The number of hydrogen-bond donors (Lipinski definition) is 1. The fourth-order valence-electron chi connectivity index (χ4n) is 1.96. The number of nitrogens with one attached hydrogen (secondary N) is 1. The van der Waals surface area contributed by atoms with Gasteiger partial charge < -0.3 is 0 Å². The molecule has 2 aromatic heterocycles. The van der Waals surface area contributed by atoms with E-state index in [4.69, 9.17) is 5.41 Å². The van der Waals surface area contributed by atoms with Crippen LogP contribution in [0.2, 0.25) is 0 Å². The molecular formula is C13H11N3. The van der Waals surface area contributed by atoms with Crippen LogP contribution < -0.4 is 5.49 Å². The molecule has 0 amide bonds. The first-order chi connectivity index (χ1) is 7.77. The van der Waals surface area contributed by atoms with Crippen molar-refractivity contribution in [2.24, 2.45) is 0 Å². The van der Waals surface area contributed by atoms with Gasteiger partial charge in [-0.1, -0.05) is 18.2 Å². The molecule has 0 radical (unpaired) electrons. The van der Waals surface area contributed by atoms with Crippen molar-refractivity contribution in [3.8, 4) is 0 Å². The predicted octanol–water partition coefficient (Wildman–Crippen LogP) is 2.28. The average Bonchev–Trinajstić information content (AvgIpc) is 2.31. The lowest BCUT2D eigenvalue weighted by atomic mass is 10.1. The van der Waals surface area contributed by atoms with Crippen molar-refractivity contribution >= 4 is 16.6 Å². The number of hydrogen-bond acceptors (Lipinski definition) is 2. The van der Waals surface area contributed by atoms with Gasteiger partial charge in [0.1, 0.15) is 11.1 Å². The summed E-state index contributed by atoms with van der Waals surface area (Å²) in [5, 5.41) is 9.04. The highest BCUT2D eigenvalue weighted by Crippen LogP contribution is 2.13. The maximum absolute atomic E-state index is 8.15. The fourth-order valence-corrected chi connectivity index (χ4v) is 1.96. The Kier molecular flexibility index (Phi) is 1.80. The molecule has 3 rings (SSSR count). The van der Waals surface area contributed by atoms with Crippen LogP contribution >= 0.6 is 0 Å². The Morgan fingerprint density at radius 2 is 2.00 bits per heavy atom. The maximum atomic E-state index is 8.15. The molecule has 16 heavy (non-hydrogen) atoms. The van der Waals surface area contributed by atoms with Crippen LogP contribution in [0, 0.1) is 12.3 Å². The Labute approximate surface area is 92.5 Å². The van der Waals surface area contributed by atoms with Gasteiger partial charge in [-0.2, -0.15) is 0 Å². The second kappa shape index (κ2) is 3.17. The molecule has 2 heterocycles. The van der Waals surface area contributed by atoms with Crippen LogP contribution in [0.15, 0.2) is 42.6 Å². The zero-order valence-electron chi connectivity index (χ0n) is 8.94. The minimum atomic E-state index is 0.490. The van der Waals surface area contributed by atoms with E-state index >= 15 is 0 Å². The molecule has 0 aliphatic carbocycles. The van der Waals surface area contributed by atoms with Crippen LogP contribution in [0.4, 0.5) is 0 Å². The third-order valence-corrected chi connectivity index (χ3v) is 2.80. The first-order valence-corrected chi connectivity index (χ1v) is 5.19. The fraction of sp³-hybridized carbons (Fsp3) is 0.0769. The molecule has 0 bridgehead atoms. The molecule has 0 unspecified atom stereocenters. The van der Waals surface area contributed by atoms with E-state index < -0.39 is 0 Å². The zero-order valence-corrected chi connectivity index (χ0v) is 8.94. The summed E-state index contributed by atoms with van der Waals surface area (Å²) in [5.74, 6) is 0. The minimum Gasteiger partial charge on any atom is -0.286 e. The molecule has 0 aliphatic rings. The Morgan fingerprint density at radius 1 is 1.12 bits per heavy atom. The second-order valence-corrected chi connectivity index (χ2v) is 3.86. The van der Waals surface area contributed by atoms with Crippen LogP contribution in [-0.4, -0.2) is 9.38 Å². The number of aryl methyl sites for hydroxylation is 1. The molecule has 0 saturated heterocycles. The summed E-state index contributed by atoms with van der Waals surface area (Å²) in [7, 11) is 0. The Morgan fingerprint density at radius 3 is 2.88 bits per heavy atom. The maximum Gasteiger partial charge on any atom is 0.140 e. The van der Waals surface area contributed by atoms with E-state index in [-0.39, 0.29) is 0 Å². The van der Waals surface area contributed by atoms with Gasteiger partial charge in [0.05, 0.1) is 5.52 Å². The Hall–Kier alpha value is -2.16. The van der Waals surface area contributed by atoms with E-state index in [1.54, 1.807) is 4.40 Å². The number of benzene rings is 1. The van der Waals surface area contributed by atoms with Gasteiger partial charge >= 0.3 is 0 Å². The highest BCUT2D eigenvalue weighted by atomic mass is 15.0. The second-order valence-electron chi connectivity index (χ2n) is 3.86. The van der Waals surface area contributed by atoms with E-state index in [1.165, 1.54) is 0 Å². The van der Waals surface area contributed by atoms with Gasteiger partial charge in [0.2, 0.25) is 0 Å². The summed E-state index contributed by atoms with van der Waals surface area (Å²) in [4.78, 5) is 4.58. The van der Waals surface area contributed by atoms with Crippen LogP contribution in [0.3, 0.4) is 0 Å². The van der Waals surface area contributed by atoms with Crippen molar-refractivity contribution in [2.45, 2.75) is 6.92 Å². The molecule has 0 spiro atoms. The molecule has 78 valence electrons. The van der Waals surface area contributed by atoms with Crippen molar-refractivity contribution in [1.29, 1.82) is 5.41 Å². The van der Waals surface area contributed by atoms with E-state index in [2.05, 4.69) is 4.98 Å². The van der Waals surface area contributed by atoms with Crippen LogP contribution in [0.5, 0.6) is 0 Å². The molecule has 3 nitrogen and oxygen atoms in total. The van der Waals surface area contributed by atoms with Crippen molar-refractivity contribution in [3.63, 3.8) is 0 Å². The van der Waals surface area contributed by atoms with Gasteiger partial charge in [0.15, 0.2) is 0 Å². The van der Waals surface area contributed by atoms with E-state index in [9.17, 15) is 0 Å². The number of pyridine rings is 1. The number of fused-ring (bicyclic) bond motifs is 2. The molecule has 0 atom stereocenters. The monoisotopic (exact) mass is 209 g/mol. The van der Waals surface area contributed by atoms with Crippen molar-refractivity contribution in [1.82, 2.24) is 9.38 Å². The Balaban J connectivity index is 2.67. The molecule has 0 saturated carbocycles. The van der Waals surface area contributed by atoms with E-state index in [0.29, 0.717) is 5.49 Å². The number of rotatable bonds is 0. The lowest BCUT2D eigenvalue weighted by Gasteiger charge is -2.05.